The first-order valence-electron chi connectivity index (χ1n) is 6.11. The zero-order valence-corrected chi connectivity index (χ0v) is 10.6. The minimum atomic E-state index is -0.474. The van der Waals surface area contributed by atoms with E-state index in [0.29, 0.717) is 17.8 Å². The van der Waals surface area contributed by atoms with Gasteiger partial charge in [0.05, 0.1) is 4.92 Å². The lowest BCUT2D eigenvalue weighted by molar-refractivity contribution is -0.384. The molecule has 102 valence electrons. The van der Waals surface area contributed by atoms with Gasteiger partial charge in [-0.05, 0) is 25.5 Å². The summed E-state index contributed by atoms with van der Waals surface area (Å²) < 4.78 is 0. The van der Waals surface area contributed by atoms with Gasteiger partial charge in [-0.15, -0.1) is 0 Å². The maximum absolute atomic E-state index is 11.7. The summed E-state index contributed by atoms with van der Waals surface area (Å²) >= 11 is 0. The molecule has 0 radical (unpaired) electrons. The van der Waals surface area contributed by atoms with Crippen LogP contribution in [0.1, 0.15) is 23.7 Å². The molecule has 0 aliphatic heterocycles. The third-order valence-electron chi connectivity index (χ3n) is 2.97. The number of nitrogens with two attached hydrogens (primary N) is 1. The van der Waals surface area contributed by atoms with Gasteiger partial charge >= 0.3 is 0 Å². The second kappa shape index (κ2) is 5.23. The Morgan fingerprint density at radius 2 is 2.26 bits per heavy atom. The molecule has 1 aromatic carbocycles. The van der Waals surface area contributed by atoms with Gasteiger partial charge in [0.15, 0.2) is 0 Å². The Balaban J connectivity index is 2.27. The van der Waals surface area contributed by atoms with E-state index in [1.54, 1.807) is 0 Å². The van der Waals surface area contributed by atoms with E-state index in [1.807, 2.05) is 6.92 Å². The second-order valence-electron chi connectivity index (χ2n) is 4.50. The Morgan fingerprint density at radius 1 is 1.58 bits per heavy atom. The highest BCUT2D eigenvalue weighted by molar-refractivity contribution is 5.95. The van der Waals surface area contributed by atoms with Gasteiger partial charge in [-0.2, -0.15) is 0 Å². The number of benzene rings is 1. The summed E-state index contributed by atoms with van der Waals surface area (Å²) in [4.78, 5) is 22.2. The van der Waals surface area contributed by atoms with Crippen LogP contribution in [0.4, 0.5) is 11.4 Å². The Morgan fingerprint density at radius 3 is 2.79 bits per heavy atom. The van der Waals surface area contributed by atoms with Gasteiger partial charge in [0.2, 0.25) is 0 Å². The van der Waals surface area contributed by atoms with Crippen LogP contribution in [0.2, 0.25) is 0 Å². The number of amides is 1. The van der Waals surface area contributed by atoms with Gasteiger partial charge in [0, 0.05) is 30.3 Å². The van der Waals surface area contributed by atoms with Crippen LogP contribution < -0.4 is 16.4 Å². The molecular weight excluding hydrogens is 248 g/mol. The molecule has 0 aromatic heterocycles. The Hall–Kier alpha value is -2.15. The van der Waals surface area contributed by atoms with Crippen LogP contribution in [0, 0.1) is 10.1 Å². The lowest BCUT2D eigenvalue weighted by Gasteiger charge is -2.08. The van der Waals surface area contributed by atoms with E-state index in [2.05, 4.69) is 10.6 Å². The molecule has 0 heterocycles. The van der Waals surface area contributed by atoms with Crippen LogP contribution in [-0.4, -0.2) is 29.5 Å². The summed E-state index contributed by atoms with van der Waals surface area (Å²) in [6.07, 6.45) is 0.780. The molecule has 7 nitrogen and oxygen atoms in total. The van der Waals surface area contributed by atoms with Gasteiger partial charge in [-0.1, -0.05) is 0 Å². The molecule has 7 heteroatoms. The summed E-state index contributed by atoms with van der Waals surface area (Å²) in [5.74, 6) is -0.249. The van der Waals surface area contributed by atoms with E-state index < -0.39 is 4.92 Å². The number of carbonyl (C=O) groups excluding carboxylic acids is 1. The third kappa shape index (κ3) is 3.00. The standard InChI is InChI=1S/C12H16N4O3/c1-2-14-12(17)7-3-4-11(16(18)19)10(5-7)15-9-6-8(9)13/h3-5,8-9,15H,2,6,13H2,1H3,(H,14,17). The minimum absolute atomic E-state index is 0.0210. The Bertz CT molecular complexity index is 518. The maximum atomic E-state index is 11.7. The minimum Gasteiger partial charge on any atom is -0.375 e. The highest BCUT2D eigenvalue weighted by atomic mass is 16.6. The molecule has 1 aromatic rings. The lowest BCUT2D eigenvalue weighted by Crippen LogP contribution is -2.23. The van der Waals surface area contributed by atoms with E-state index in [0.717, 1.165) is 6.42 Å². The van der Waals surface area contributed by atoms with Crippen LogP contribution in [-0.2, 0) is 0 Å². The molecule has 1 aliphatic carbocycles. The van der Waals surface area contributed by atoms with Crippen molar-refractivity contribution < 1.29 is 9.72 Å². The number of rotatable bonds is 5. The maximum Gasteiger partial charge on any atom is 0.292 e. The summed E-state index contributed by atoms with van der Waals surface area (Å²) in [5, 5.41) is 16.6. The number of nitrogens with zero attached hydrogens (tertiary/aromatic N) is 1. The van der Waals surface area contributed by atoms with Crippen molar-refractivity contribution in [2.24, 2.45) is 5.73 Å². The summed E-state index contributed by atoms with van der Waals surface area (Å²) in [6, 6.07) is 4.34. The van der Waals surface area contributed by atoms with Crippen LogP contribution in [0.3, 0.4) is 0 Å². The highest BCUT2D eigenvalue weighted by Gasteiger charge is 2.34. The number of nitro benzene ring substituents is 1. The molecule has 2 unspecified atom stereocenters. The Labute approximate surface area is 110 Å². The Kier molecular flexibility index (Phi) is 3.66. The molecule has 2 atom stereocenters. The molecule has 1 aliphatic rings. The quantitative estimate of drug-likeness (QED) is 0.539. The highest BCUT2D eigenvalue weighted by Crippen LogP contribution is 2.31. The fourth-order valence-electron chi connectivity index (χ4n) is 1.80. The number of nitro groups is 1. The predicted octanol–water partition coefficient (Wildman–Crippen LogP) is 0.856. The van der Waals surface area contributed by atoms with Crippen molar-refractivity contribution in [3.63, 3.8) is 0 Å². The van der Waals surface area contributed by atoms with Crippen LogP contribution in [0.15, 0.2) is 18.2 Å². The average Bonchev–Trinajstić information content (AvgIpc) is 3.04. The van der Waals surface area contributed by atoms with E-state index in [4.69, 9.17) is 5.73 Å². The smallest absolute Gasteiger partial charge is 0.292 e. The number of anilines is 1. The first-order chi connectivity index (χ1) is 9.02. The zero-order chi connectivity index (χ0) is 14.0. The van der Waals surface area contributed by atoms with E-state index in [9.17, 15) is 14.9 Å². The molecule has 2 rings (SSSR count). The summed E-state index contributed by atoms with van der Waals surface area (Å²) in [7, 11) is 0. The number of carbonyl (C=O) groups is 1. The fraction of sp³-hybridized carbons (Fsp3) is 0.417. The van der Waals surface area contributed by atoms with Gasteiger partial charge in [-0.3, -0.25) is 14.9 Å². The molecule has 19 heavy (non-hydrogen) atoms. The van der Waals surface area contributed by atoms with Gasteiger partial charge < -0.3 is 16.4 Å². The first kappa shape index (κ1) is 13.3. The number of nitrogens with one attached hydrogen (secondary N) is 2. The molecule has 1 saturated carbocycles. The van der Waals surface area contributed by atoms with Gasteiger partial charge in [0.1, 0.15) is 5.69 Å². The largest absolute Gasteiger partial charge is 0.375 e. The van der Waals surface area contributed by atoms with Crippen LogP contribution in [0.25, 0.3) is 0 Å². The summed E-state index contributed by atoms with van der Waals surface area (Å²) in [6.45, 7) is 2.32. The van der Waals surface area contributed by atoms with E-state index >= 15 is 0 Å². The van der Waals surface area contributed by atoms with Crippen molar-refractivity contribution in [1.29, 1.82) is 0 Å². The van der Waals surface area contributed by atoms with Crippen molar-refractivity contribution >= 4 is 17.3 Å². The van der Waals surface area contributed by atoms with Crippen molar-refractivity contribution in [3.05, 3.63) is 33.9 Å². The fourth-order valence-corrected chi connectivity index (χ4v) is 1.80. The molecule has 4 N–H and O–H groups in total. The molecule has 0 saturated heterocycles. The molecule has 0 spiro atoms. The summed E-state index contributed by atoms with van der Waals surface area (Å²) in [5.41, 5.74) is 6.36. The van der Waals surface area contributed by atoms with E-state index in [-0.39, 0.29) is 23.7 Å². The van der Waals surface area contributed by atoms with Crippen LogP contribution >= 0.6 is 0 Å². The van der Waals surface area contributed by atoms with Crippen molar-refractivity contribution in [3.8, 4) is 0 Å². The SMILES string of the molecule is CCNC(=O)c1ccc([N+](=O)[O-])c(NC2CC2N)c1. The topological polar surface area (TPSA) is 110 Å². The van der Waals surface area contributed by atoms with Gasteiger partial charge in [-0.25, -0.2) is 0 Å². The molecule has 0 bridgehead atoms. The molecule has 1 fully saturated rings. The first-order valence-corrected chi connectivity index (χ1v) is 6.11. The normalized spacial score (nSPS) is 20.7. The lowest BCUT2D eigenvalue weighted by atomic mass is 10.1. The second-order valence-corrected chi connectivity index (χ2v) is 4.50. The van der Waals surface area contributed by atoms with Crippen molar-refractivity contribution in [1.82, 2.24) is 5.32 Å². The van der Waals surface area contributed by atoms with Crippen LogP contribution in [0.5, 0.6) is 0 Å². The molecular formula is C12H16N4O3. The van der Waals surface area contributed by atoms with Crippen molar-refractivity contribution in [2.45, 2.75) is 25.4 Å². The molecule has 1 amide bonds. The third-order valence-corrected chi connectivity index (χ3v) is 2.97. The number of hydrogen-bond donors (Lipinski definition) is 3. The van der Waals surface area contributed by atoms with E-state index in [1.165, 1.54) is 18.2 Å². The van der Waals surface area contributed by atoms with Crippen molar-refractivity contribution in [2.75, 3.05) is 11.9 Å². The van der Waals surface area contributed by atoms with Gasteiger partial charge in [0.25, 0.3) is 11.6 Å². The zero-order valence-electron chi connectivity index (χ0n) is 10.6. The monoisotopic (exact) mass is 264 g/mol. The average molecular weight is 264 g/mol. The number of hydrogen-bond acceptors (Lipinski definition) is 5. The predicted molar refractivity (Wildman–Crippen MR) is 71.1 cm³/mol.